The first-order valence-electron chi connectivity index (χ1n) is 4.41. The van der Waals surface area contributed by atoms with Crippen molar-refractivity contribution in [1.82, 2.24) is 4.98 Å². The molecular formula is C11H8N2S. The Morgan fingerprint density at radius 3 is 3.21 bits per heavy atom. The smallest absolute Gasteiger partial charge is 0.0795 e. The standard InChI is InChI=1S/C11H8N2S/c1-2-8-3-4-10-9(5-7-14-13-10)11(8)12-6-1/h1-7,13H. The summed E-state index contributed by atoms with van der Waals surface area (Å²) >= 11 is 1.59. The van der Waals surface area contributed by atoms with Gasteiger partial charge in [0.1, 0.15) is 0 Å². The van der Waals surface area contributed by atoms with Gasteiger partial charge in [-0.15, -0.1) is 0 Å². The van der Waals surface area contributed by atoms with E-state index in [2.05, 4.69) is 34.0 Å². The first-order chi connectivity index (χ1) is 6.95. The van der Waals surface area contributed by atoms with Crippen LogP contribution in [0.5, 0.6) is 0 Å². The zero-order valence-corrected chi connectivity index (χ0v) is 8.21. The molecule has 1 aliphatic heterocycles. The summed E-state index contributed by atoms with van der Waals surface area (Å²) in [7, 11) is 0. The van der Waals surface area contributed by atoms with Gasteiger partial charge in [-0.3, -0.25) is 4.98 Å². The van der Waals surface area contributed by atoms with Gasteiger partial charge in [-0.05, 0) is 35.6 Å². The first-order valence-corrected chi connectivity index (χ1v) is 5.29. The lowest BCUT2D eigenvalue weighted by Gasteiger charge is -2.13. The summed E-state index contributed by atoms with van der Waals surface area (Å²) in [6, 6.07) is 8.23. The first kappa shape index (κ1) is 7.88. The highest BCUT2D eigenvalue weighted by Gasteiger charge is 2.08. The summed E-state index contributed by atoms with van der Waals surface area (Å²) in [6.07, 6.45) is 3.93. The van der Waals surface area contributed by atoms with E-state index in [-0.39, 0.29) is 0 Å². The van der Waals surface area contributed by atoms with Crippen LogP contribution in [-0.4, -0.2) is 4.98 Å². The van der Waals surface area contributed by atoms with Gasteiger partial charge < -0.3 is 4.72 Å². The number of nitrogens with one attached hydrogen (secondary N) is 1. The average Bonchev–Trinajstić information content (AvgIpc) is 2.29. The monoisotopic (exact) mass is 200 g/mol. The number of rotatable bonds is 0. The van der Waals surface area contributed by atoms with Gasteiger partial charge in [-0.2, -0.15) is 0 Å². The maximum atomic E-state index is 4.39. The highest BCUT2D eigenvalue weighted by molar-refractivity contribution is 8.03. The minimum absolute atomic E-state index is 1.06. The summed E-state index contributed by atoms with van der Waals surface area (Å²) in [4.78, 5) is 4.39. The van der Waals surface area contributed by atoms with Gasteiger partial charge in [-0.1, -0.05) is 12.1 Å². The summed E-state index contributed by atoms with van der Waals surface area (Å²) in [5, 5.41) is 3.22. The molecule has 3 rings (SSSR count). The molecular weight excluding hydrogens is 192 g/mol. The summed E-state index contributed by atoms with van der Waals surface area (Å²) < 4.78 is 3.24. The molecule has 14 heavy (non-hydrogen) atoms. The second-order valence-corrected chi connectivity index (χ2v) is 3.84. The Balaban J connectivity index is 2.42. The lowest BCUT2D eigenvalue weighted by molar-refractivity contribution is 1.41. The Bertz CT molecular complexity index is 520. The van der Waals surface area contributed by atoms with Crippen LogP contribution in [0.1, 0.15) is 5.56 Å². The van der Waals surface area contributed by atoms with Crippen molar-refractivity contribution in [3.05, 3.63) is 41.4 Å². The van der Waals surface area contributed by atoms with Crippen molar-refractivity contribution in [2.75, 3.05) is 4.72 Å². The summed E-state index contributed by atoms with van der Waals surface area (Å²) in [6.45, 7) is 0. The van der Waals surface area contributed by atoms with Gasteiger partial charge in [0.15, 0.2) is 0 Å². The van der Waals surface area contributed by atoms with E-state index in [0.29, 0.717) is 0 Å². The van der Waals surface area contributed by atoms with Gasteiger partial charge in [-0.25, -0.2) is 0 Å². The quantitative estimate of drug-likeness (QED) is 0.660. The van der Waals surface area contributed by atoms with Gasteiger partial charge in [0.05, 0.1) is 11.2 Å². The highest BCUT2D eigenvalue weighted by Crippen LogP contribution is 2.31. The van der Waals surface area contributed by atoms with Crippen molar-refractivity contribution >= 4 is 34.6 Å². The Morgan fingerprint density at radius 2 is 2.21 bits per heavy atom. The number of nitrogens with zero attached hydrogens (tertiary/aromatic N) is 1. The van der Waals surface area contributed by atoms with E-state index in [9.17, 15) is 0 Å². The Kier molecular flexibility index (Phi) is 1.70. The Morgan fingerprint density at radius 1 is 1.21 bits per heavy atom. The predicted molar refractivity (Wildman–Crippen MR) is 62.0 cm³/mol. The molecule has 0 saturated heterocycles. The van der Waals surface area contributed by atoms with E-state index < -0.39 is 0 Å². The van der Waals surface area contributed by atoms with Crippen LogP contribution in [0.4, 0.5) is 5.69 Å². The molecule has 1 aromatic carbocycles. The zero-order chi connectivity index (χ0) is 9.38. The second-order valence-electron chi connectivity index (χ2n) is 3.12. The minimum Gasteiger partial charge on any atom is -0.325 e. The molecule has 1 aromatic heterocycles. The van der Waals surface area contributed by atoms with E-state index >= 15 is 0 Å². The fourth-order valence-corrected chi connectivity index (χ4v) is 2.20. The molecule has 2 nitrogen and oxygen atoms in total. The molecule has 68 valence electrons. The topological polar surface area (TPSA) is 24.9 Å². The molecule has 0 amide bonds. The van der Waals surface area contributed by atoms with E-state index in [1.54, 1.807) is 11.9 Å². The number of hydrogen-bond acceptors (Lipinski definition) is 3. The Hall–Kier alpha value is -1.48. The molecule has 0 aliphatic carbocycles. The lowest BCUT2D eigenvalue weighted by atomic mass is 10.1. The van der Waals surface area contributed by atoms with Crippen LogP contribution in [0.25, 0.3) is 17.0 Å². The van der Waals surface area contributed by atoms with Crippen LogP contribution in [0.2, 0.25) is 0 Å². The van der Waals surface area contributed by atoms with Crippen molar-refractivity contribution in [3.8, 4) is 0 Å². The summed E-state index contributed by atoms with van der Waals surface area (Å²) in [5.41, 5.74) is 3.39. The number of fused-ring (bicyclic) bond motifs is 3. The molecule has 0 saturated carbocycles. The van der Waals surface area contributed by atoms with E-state index in [0.717, 1.165) is 11.2 Å². The number of pyridine rings is 1. The molecule has 0 bridgehead atoms. The normalized spacial score (nSPS) is 13.7. The van der Waals surface area contributed by atoms with Crippen molar-refractivity contribution in [3.63, 3.8) is 0 Å². The number of aromatic nitrogens is 1. The third-order valence-electron chi connectivity index (χ3n) is 2.29. The zero-order valence-electron chi connectivity index (χ0n) is 7.40. The molecule has 2 aromatic rings. The van der Waals surface area contributed by atoms with Gasteiger partial charge >= 0.3 is 0 Å². The van der Waals surface area contributed by atoms with Gasteiger partial charge in [0.2, 0.25) is 0 Å². The van der Waals surface area contributed by atoms with Crippen LogP contribution < -0.4 is 4.72 Å². The SMILES string of the molecule is C1=Cc2c(ccc3cccnc23)NS1. The maximum absolute atomic E-state index is 4.39. The summed E-state index contributed by atoms with van der Waals surface area (Å²) in [5.74, 6) is 0. The van der Waals surface area contributed by atoms with Crippen LogP contribution in [0, 0.1) is 0 Å². The number of anilines is 1. The fourth-order valence-electron chi connectivity index (χ4n) is 1.63. The van der Waals surface area contributed by atoms with E-state index in [1.165, 1.54) is 10.9 Å². The van der Waals surface area contributed by atoms with Crippen LogP contribution >= 0.6 is 11.9 Å². The number of hydrogen-bond donors (Lipinski definition) is 1. The van der Waals surface area contributed by atoms with Crippen molar-refractivity contribution in [1.29, 1.82) is 0 Å². The molecule has 2 heterocycles. The van der Waals surface area contributed by atoms with Gasteiger partial charge in [0, 0.05) is 17.1 Å². The highest BCUT2D eigenvalue weighted by atomic mass is 32.2. The van der Waals surface area contributed by atoms with E-state index in [1.807, 2.05) is 17.7 Å². The fraction of sp³-hybridized carbons (Fsp3) is 0. The molecule has 1 N–H and O–H groups in total. The molecule has 0 unspecified atom stereocenters. The largest absolute Gasteiger partial charge is 0.325 e. The molecule has 1 aliphatic rings. The van der Waals surface area contributed by atoms with Crippen molar-refractivity contribution < 1.29 is 0 Å². The van der Waals surface area contributed by atoms with Crippen LogP contribution in [0.15, 0.2) is 35.9 Å². The molecule has 0 spiro atoms. The predicted octanol–water partition coefficient (Wildman–Crippen LogP) is 3.28. The number of benzene rings is 1. The molecule has 3 heteroatoms. The Labute approximate surface area is 86.2 Å². The molecule has 0 atom stereocenters. The average molecular weight is 200 g/mol. The van der Waals surface area contributed by atoms with Crippen molar-refractivity contribution in [2.45, 2.75) is 0 Å². The minimum atomic E-state index is 1.06. The van der Waals surface area contributed by atoms with E-state index in [4.69, 9.17) is 0 Å². The molecule has 0 radical (unpaired) electrons. The second kappa shape index (κ2) is 3.03. The maximum Gasteiger partial charge on any atom is 0.0795 e. The van der Waals surface area contributed by atoms with Crippen molar-refractivity contribution in [2.24, 2.45) is 0 Å². The van der Waals surface area contributed by atoms with Crippen LogP contribution in [-0.2, 0) is 0 Å². The van der Waals surface area contributed by atoms with Crippen LogP contribution in [0.3, 0.4) is 0 Å². The van der Waals surface area contributed by atoms with Gasteiger partial charge in [0.25, 0.3) is 0 Å². The lowest BCUT2D eigenvalue weighted by Crippen LogP contribution is -1.94. The third kappa shape index (κ3) is 1.09. The third-order valence-corrected chi connectivity index (χ3v) is 2.90. The molecule has 0 fully saturated rings.